The number of ketones is 1. The number of benzene rings is 1. The standard InChI is InChI=1S/C13H15NO3/c1-13(2,8-14)12(15)10-7-9(16-3)5-6-11(10)17-4/h5-7H,1-4H3. The van der Waals surface area contributed by atoms with Crippen LogP contribution in [0.15, 0.2) is 18.2 Å². The third kappa shape index (κ3) is 2.56. The molecule has 0 saturated heterocycles. The number of ether oxygens (including phenoxy) is 2. The van der Waals surface area contributed by atoms with Gasteiger partial charge < -0.3 is 9.47 Å². The van der Waals surface area contributed by atoms with E-state index in [1.54, 1.807) is 32.0 Å². The largest absolute Gasteiger partial charge is 0.497 e. The first-order valence-electron chi connectivity index (χ1n) is 5.14. The molecular weight excluding hydrogens is 218 g/mol. The van der Waals surface area contributed by atoms with Gasteiger partial charge in [-0.15, -0.1) is 0 Å². The summed E-state index contributed by atoms with van der Waals surface area (Å²) in [6.45, 7) is 3.16. The molecule has 90 valence electrons. The summed E-state index contributed by atoms with van der Waals surface area (Å²) < 4.78 is 10.2. The highest BCUT2D eigenvalue weighted by molar-refractivity contribution is 6.04. The second-order valence-electron chi connectivity index (χ2n) is 4.13. The molecule has 4 nitrogen and oxygen atoms in total. The van der Waals surface area contributed by atoms with Crippen LogP contribution in [0.3, 0.4) is 0 Å². The van der Waals surface area contributed by atoms with Gasteiger partial charge in [0.15, 0.2) is 5.78 Å². The minimum atomic E-state index is -1.08. The van der Waals surface area contributed by atoms with Gasteiger partial charge in [-0.25, -0.2) is 0 Å². The number of rotatable bonds is 4. The van der Waals surface area contributed by atoms with Crippen molar-refractivity contribution in [1.29, 1.82) is 5.26 Å². The van der Waals surface area contributed by atoms with E-state index in [1.165, 1.54) is 14.2 Å². The van der Waals surface area contributed by atoms with Crippen molar-refractivity contribution >= 4 is 5.78 Å². The van der Waals surface area contributed by atoms with Crippen molar-refractivity contribution < 1.29 is 14.3 Å². The summed E-state index contributed by atoms with van der Waals surface area (Å²) in [6, 6.07) is 6.92. The molecule has 4 heteroatoms. The molecule has 0 unspecified atom stereocenters. The third-order valence-electron chi connectivity index (χ3n) is 2.50. The number of nitrogens with zero attached hydrogens (tertiary/aromatic N) is 1. The van der Waals surface area contributed by atoms with E-state index in [0.29, 0.717) is 17.1 Å². The normalized spacial score (nSPS) is 10.5. The van der Waals surface area contributed by atoms with Crippen molar-refractivity contribution in [2.75, 3.05) is 14.2 Å². The summed E-state index contributed by atoms with van der Waals surface area (Å²) >= 11 is 0. The van der Waals surface area contributed by atoms with Crippen molar-refractivity contribution in [3.05, 3.63) is 23.8 Å². The van der Waals surface area contributed by atoms with Crippen LogP contribution in [-0.4, -0.2) is 20.0 Å². The van der Waals surface area contributed by atoms with E-state index < -0.39 is 5.41 Å². The van der Waals surface area contributed by atoms with E-state index in [4.69, 9.17) is 14.7 Å². The Kier molecular flexibility index (Phi) is 3.74. The molecule has 0 fully saturated rings. The molecule has 0 amide bonds. The highest BCUT2D eigenvalue weighted by Crippen LogP contribution is 2.30. The fraction of sp³-hybridized carbons (Fsp3) is 0.385. The lowest BCUT2D eigenvalue weighted by Gasteiger charge is -2.16. The van der Waals surface area contributed by atoms with Crippen molar-refractivity contribution in [2.24, 2.45) is 5.41 Å². The van der Waals surface area contributed by atoms with Gasteiger partial charge in [0.2, 0.25) is 0 Å². The summed E-state index contributed by atoms with van der Waals surface area (Å²) in [4.78, 5) is 12.2. The molecule has 0 aliphatic rings. The Morgan fingerprint density at radius 2 is 1.94 bits per heavy atom. The molecule has 0 aliphatic carbocycles. The van der Waals surface area contributed by atoms with E-state index >= 15 is 0 Å². The van der Waals surface area contributed by atoms with Gasteiger partial charge in [-0.2, -0.15) is 5.26 Å². The molecule has 0 heterocycles. The minimum Gasteiger partial charge on any atom is -0.497 e. The van der Waals surface area contributed by atoms with Crippen LogP contribution >= 0.6 is 0 Å². The molecule has 0 saturated carbocycles. The molecule has 0 bridgehead atoms. The average Bonchev–Trinajstić information content (AvgIpc) is 2.36. The smallest absolute Gasteiger partial charge is 0.186 e. The van der Waals surface area contributed by atoms with Crippen LogP contribution < -0.4 is 9.47 Å². The maximum absolute atomic E-state index is 12.2. The van der Waals surface area contributed by atoms with E-state index in [1.807, 2.05) is 6.07 Å². The Labute approximate surface area is 101 Å². The first-order valence-corrected chi connectivity index (χ1v) is 5.14. The third-order valence-corrected chi connectivity index (χ3v) is 2.50. The quantitative estimate of drug-likeness (QED) is 0.749. The number of nitriles is 1. The lowest BCUT2D eigenvalue weighted by atomic mass is 9.85. The summed E-state index contributed by atoms with van der Waals surface area (Å²) in [5.41, 5.74) is -0.724. The van der Waals surface area contributed by atoms with Gasteiger partial charge in [-0.3, -0.25) is 4.79 Å². The van der Waals surface area contributed by atoms with Crippen LogP contribution in [-0.2, 0) is 0 Å². The van der Waals surface area contributed by atoms with Gasteiger partial charge in [0, 0.05) is 0 Å². The number of methoxy groups -OCH3 is 2. The SMILES string of the molecule is COc1ccc(OC)c(C(=O)C(C)(C)C#N)c1. The van der Waals surface area contributed by atoms with Gasteiger partial charge in [0.25, 0.3) is 0 Å². The average molecular weight is 233 g/mol. The number of carbonyl (C=O) groups excluding carboxylic acids is 1. The van der Waals surface area contributed by atoms with E-state index in [0.717, 1.165) is 0 Å². The Morgan fingerprint density at radius 3 is 2.41 bits per heavy atom. The monoisotopic (exact) mass is 233 g/mol. The maximum Gasteiger partial charge on any atom is 0.186 e. The van der Waals surface area contributed by atoms with Gasteiger partial charge in [-0.1, -0.05) is 0 Å². The molecule has 0 aliphatic heterocycles. The zero-order valence-electron chi connectivity index (χ0n) is 10.4. The molecule has 0 atom stereocenters. The topological polar surface area (TPSA) is 59.3 Å². The predicted molar refractivity (Wildman–Crippen MR) is 63.3 cm³/mol. The zero-order valence-corrected chi connectivity index (χ0v) is 10.4. The first-order chi connectivity index (χ1) is 7.96. The lowest BCUT2D eigenvalue weighted by Crippen LogP contribution is -2.22. The molecule has 0 radical (unpaired) electrons. The fourth-order valence-corrected chi connectivity index (χ4v) is 1.38. The Balaban J connectivity index is 3.29. The van der Waals surface area contributed by atoms with Crippen molar-refractivity contribution in [2.45, 2.75) is 13.8 Å². The molecule has 17 heavy (non-hydrogen) atoms. The number of carbonyl (C=O) groups is 1. The number of Topliss-reactive ketones (excluding diaryl/α,β-unsaturated/α-hetero) is 1. The first kappa shape index (κ1) is 13.0. The second kappa shape index (κ2) is 4.88. The summed E-state index contributed by atoms with van der Waals surface area (Å²) in [7, 11) is 3.00. The zero-order chi connectivity index (χ0) is 13.1. The Morgan fingerprint density at radius 1 is 1.29 bits per heavy atom. The summed E-state index contributed by atoms with van der Waals surface area (Å²) in [5, 5.41) is 8.97. The van der Waals surface area contributed by atoms with E-state index in [-0.39, 0.29) is 5.78 Å². The molecule has 0 spiro atoms. The van der Waals surface area contributed by atoms with Gasteiger partial charge in [-0.05, 0) is 32.0 Å². The van der Waals surface area contributed by atoms with Crippen molar-refractivity contribution in [3.8, 4) is 17.6 Å². The Hall–Kier alpha value is -2.02. The predicted octanol–water partition coefficient (Wildman–Crippen LogP) is 2.44. The Bertz CT molecular complexity index is 472. The van der Waals surface area contributed by atoms with E-state index in [9.17, 15) is 4.79 Å². The number of hydrogen-bond donors (Lipinski definition) is 0. The second-order valence-corrected chi connectivity index (χ2v) is 4.13. The molecule has 1 aromatic rings. The summed E-state index contributed by atoms with van der Waals surface area (Å²) in [5.74, 6) is 0.720. The van der Waals surface area contributed by atoms with Crippen LogP contribution in [0.1, 0.15) is 24.2 Å². The maximum atomic E-state index is 12.2. The minimum absolute atomic E-state index is 0.282. The van der Waals surface area contributed by atoms with Crippen molar-refractivity contribution in [1.82, 2.24) is 0 Å². The highest BCUT2D eigenvalue weighted by atomic mass is 16.5. The lowest BCUT2D eigenvalue weighted by molar-refractivity contribution is 0.0888. The van der Waals surface area contributed by atoms with Crippen LogP contribution in [0.4, 0.5) is 0 Å². The summed E-state index contributed by atoms with van der Waals surface area (Å²) in [6.07, 6.45) is 0. The molecule has 0 aromatic heterocycles. The highest BCUT2D eigenvalue weighted by Gasteiger charge is 2.30. The van der Waals surface area contributed by atoms with Crippen LogP contribution in [0.25, 0.3) is 0 Å². The van der Waals surface area contributed by atoms with Crippen LogP contribution in [0.5, 0.6) is 11.5 Å². The fourth-order valence-electron chi connectivity index (χ4n) is 1.38. The molecule has 1 rings (SSSR count). The molecule has 1 aromatic carbocycles. The van der Waals surface area contributed by atoms with Crippen molar-refractivity contribution in [3.63, 3.8) is 0 Å². The molecule has 0 N–H and O–H groups in total. The van der Waals surface area contributed by atoms with Crippen LogP contribution in [0.2, 0.25) is 0 Å². The van der Waals surface area contributed by atoms with Gasteiger partial charge in [0.1, 0.15) is 16.9 Å². The van der Waals surface area contributed by atoms with E-state index in [2.05, 4.69) is 0 Å². The van der Waals surface area contributed by atoms with Crippen LogP contribution in [0, 0.1) is 16.7 Å². The number of hydrogen-bond acceptors (Lipinski definition) is 4. The van der Waals surface area contributed by atoms with Gasteiger partial charge >= 0.3 is 0 Å². The molecular formula is C13H15NO3. The van der Waals surface area contributed by atoms with Gasteiger partial charge in [0.05, 0.1) is 25.9 Å².